The van der Waals surface area contributed by atoms with Gasteiger partial charge in [-0.3, -0.25) is 0 Å². The standard InChI is InChI=1S/C13H18O5/c1-3-12-5-4-6-13(7-12)18-11-17-10-16-9-15-8-14-2/h3-7H,1,8-11H2,2H3. The molecule has 0 saturated heterocycles. The molecular weight excluding hydrogens is 236 g/mol. The average Bonchev–Trinajstić information content (AvgIpc) is 2.42. The summed E-state index contributed by atoms with van der Waals surface area (Å²) in [7, 11) is 1.54. The van der Waals surface area contributed by atoms with Crippen LogP contribution in [0.3, 0.4) is 0 Å². The minimum absolute atomic E-state index is 0.102. The number of ether oxygens (including phenoxy) is 5. The highest BCUT2D eigenvalue weighted by Gasteiger charge is 1.94. The number of methoxy groups -OCH3 is 1. The molecule has 0 atom stereocenters. The SMILES string of the molecule is C=Cc1cccc(OCOCOCOCOC)c1. The second-order valence-electron chi connectivity index (χ2n) is 3.29. The van der Waals surface area contributed by atoms with Crippen LogP contribution >= 0.6 is 0 Å². The maximum absolute atomic E-state index is 5.36. The van der Waals surface area contributed by atoms with Gasteiger partial charge >= 0.3 is 0 Å². The molecule has 0 radical (unpaired) electrons. The van der Waals surface area contributed by atoms with Crippen molar-refractivity contribution < 1.29 is 23.7 Å². The van der Waals surface area contributed by atoms with E-state index in [2.05, 4.69) is 11.3 Å². The van der Waals surface area contributed by atoms with Gasteiger partial charge in [0.1, 0.15) is 12.5 Å². The molecule has 18 heavy (non-hydrogen) atoms. The maximum atomic E-state index is 5.36. The average molecular weight is 254 g/mol. The molecule has 0 heterocycles. The molecule has 0 aliphatic rings. The van der Waals surface area contributed by atoms with Crippen molar-refractivity contribution >= 4 is 6.08 Å². The van der Waals surface area contributed by atoms with Crippen molar-refractivity contribution in [3.8, 4) is 5.75 Å². The summed E-state index contributed by atoms with van der Waals surface area (Å²) in [6.45, 7) is 4.23. The molecule has 5 nitrogen and oxygen atoms in total. The molecule has 0 aliphatic carbocycles. The highest BCUT2D eigenvalue weighted by molar-refractivity contribution is 5.49. The third-order valence-corrected chi connectivity index (χ3v) is 1.94. The molecule has 1 rings (SSSR count). The van der Waals surface area contributed by atoms with Crippen molar-refractivity contribution in [1.29, 1.82) is 0 Å². The van der Waals surface area contributed by atoms with Gasteiger partial charge in [-0.25, -0.2) is 0 Å². The second kappa shape index (κ2) is 9.61. The zero-order valence-electron chi connectivity index (χ0n) is 10.5. The van der Waals surface area contributed by atoms with Gasteiger partial charge in [0.2, 0.25) is 0 Å². The number of rotatable bonds is 10. The summed E-state index contributed by atoms with van der Waals surface area (Å²) in [6, 6.07) is 7.55. The lowest BCUT2D eigenvalue weighted by Gasteiger charge is -2.08. The highest BCUT2D eigenvalue weighted by atomic mass is 16.8. The van der Waals surface area contributed by atoms with Gasteiger partial charge in [0.25, 0.3) is 0 Å². The zero-order valence-corrected chi connectivity index (χ0v) is 10.5. The fourth-order valence-electron chi connectivity index (χ4n) is 1.14. The van der Waals surface area contributed by atoms with Crippen LogP contribution in [0, 0.1) is 0 Å². The van der Waals surface area contributed by atoms with Crippen molar-refractivity contribution in [3.05, 3.63) is 36.4 Å². The Morgan fingerprint density at radius 3 is 2.50 bits per heavy atom. The zero-order chi connectivity index (χ0) is 13.1. The molecule has 0 aliphatic heterocycles. The minimum Gasteiger partial charge on any atom is -0.467 e. The van der Waals surface area contributed by atoms with E-state index in [1.54, 1.807) is 13.2 Å². The normalized spacial score (nSPS) is 10.3. The Balaban J connectivity index is 2.05. The minimum atomic E-state index is 0.102. The fourth-order valence-corrected chi connectivity index (χ4v) is 1.14. The third-order valence-electron chi connectivity index (χ3n) is 1.94. The molecule has 0 aromatic heterocycles. The number of hydrogen-bond acceptors (Lipinski definition) is 5. The highest BCUT2D eigenvalue weighted by Crippen LogP contribution is 2.13. The Bertz CT molecular complexity index is 340. The van der Waals surface area contributed by atoms with Crippen molar-refractivity contribution in [2.24, 2.45) is 0 Å². The largest absolute Gasteiger partial charge is 0.467 e. The summed E-state index contributed by atoms with van der Waals surface area (Å²) >= 11 is 0. The third kappa shape index (κ3) is 6.36. The van der Waals surface area contributed by atoms with Gasteiger partial charge in [0, 0.05) is 7.11 Å². The Morgan fingerprint density at radius 1 is 1.06 bits per heavy atom. The summed E-state index contributed by atoms with van der Waals surface area (Å²) in [6.07, 6.45) is 1.75. The van der Waals surface area contributed by atoms with Gasteiger partial charge in [-0.15, -0.1) is 0 Å². The van der Waals surface area contributed by atoms with Crippen LogP contribution in [0.5, 0.6) is 5.75 Å². The summed E-state index contributed by atoms with van der Waals surface area (Å²) in [5, 5.41) is 0. The van der Waals surface area contributed by atoms with Crippen LogP contribution in [0.2, 0.25) is 0 Å². The number of hydrogen-bond donors (Lipinski definition) is 0. The summed E-state index contributed by atoms with van der Waals surface area (Å²) in [5.74, 6) is 0.725. The van der Waals surface area contributed by atoms with Crippen LogP contribution < -0.4 is 4.74 Å². The predicted octanol–water partition coefficient (Wildman–Crippen LogP) is 2.23. The van der Waals surface area contributed by atoms with E-state index < -0.39 is 0 Å². The smallest absolute Gasteiger partial charge is 0.191 e. The van der Waals surface area contributed by atoms with Gasteiger partial charge in [0.15, 0.2) is 20.4 Å². The Hall–Kier alpha value is -1.40. The summed E-state index contributed by atoms with van der Waals surface area (Å²) < 4.78 is 25.0. The van der Waals surface area contributed by atoms with Crippen molar-refractivity contribution in [2.45, 2.75) is 0 Å². The molecule has 0 N–H and O–H groups in total. The van der Waals surface area contributed by atoms with E-state index in [4.69, 9.17) is 18.9 Å². The van der Waals surface area contributed by atoms with E-state index in [1.807, 2.05) is 24.3 Å². The van der Waals surface area contributed by atoms with Gasteiger partial charge in [-0.1, -0.05) is 24.8 Å². The Labute approximate surface area is 107 Å². The van der Waals surface area contributed by atoms with E-state index in [0.29, 0.717) is 0 Å². The first-order valence-electron chi connectivity index (χ1n) is 5.44. The molecule has 0 unspecified atom stereocenters. The van der Waals surface area contributed by atoms with E-state index in [-0.39, 0.29) is 27.2 Å². The monoisotopic (exact) mass is 254 g/mol. The van der Waals surface area contributed by atoms with Crippen LogP contribution in [-0.2, 0) is 18.9 Å². The second-order valence-corrected chi connectivity index (χ2v) is 3.29. The lowest BCUT2D eigenvalue weighted by Crippen LogP contribution is -2.09. The molecule has 0 bridgehead atoms. The molecule has 0 spiro atoms. The lowest BCUT2D eigenvalue weighted by molar-refractivity contribution is -0.177. The van der Waals surface area contributed by atoms with Crippen LogP contribution in [0.25, 0.3) is 6.08 Å². The summed E-state index contributed by atoms with van der Waals surface area (Å²) in [5.41, 5.74) is 0.997. The molecular formula is C13H18O5. The van der Waals surface area contributed by atoms with E-state index in [9.17, 15) is 0 Å². The quantitative estimate of drug-likeness (QED) is 0.473. The first kappa shape index (κ1) is 14.7. The van der Waals surface area contributed by atoms with E-state index in [0.717, 1.165) is 11.3 Å². The van der Waals surface area contributed by atoms with Gasteiger partial charge in [-0.05, 0) is 17.7 Å². The molecule has 100 valence electrons. The van der Waals surface area contributed by atoms with Gasteiger partial charge in [-0.2, -0.15) is 0 Å². The van der Waals surface area contributed by atoms with Crippen molar-refractivity contribution in [3.63, 3.8) is 0 Å². The first-order valence-corrected chi connectivity index (χ1v) is 5.44. The van der Waals surface area contributed by atoms with E-state index in [1.165, 1.54) is 0 Å². The Kier molecular flexibility index (Phi) is 7.83. The molecule has 0 saturated carbocycles. The van der Waals surface area contributed by atoms with Crippen molar-refractivity contribution in [2.75, 3.05) is 34.3 Å². The Morgan fingerprint density at radius 2 is 1.78 bits per heavy atom. The molecule has 5 heteroatoms. The topological polar surface area (TPSA) is 46.2 Å². The van der Waals surface area contributed by atoms with Gasteiger partial charge in [0.05, 0.1) is 0 Å². The molecule has 0 amide bonds. The van der Waals surface area contributed by atoms with Crippen molar-refractivity contribution in [1.82, 2.24) is 0 Å². The van der Waals surface area contributed by atoms with Crippen LogP contribution in [0.1, 0.15) is 5.56 Å². The van der Waals surface area contributed by atoms with Crippen LogP contribution in [0.4, 0.5) is 0 Å². The van der Waals surface area contributed by atoms with Crippen LogP contribution in [0.15, 0.2) is 30.8 Å². The van der Waals surface area contributed by atoms with E-state index >= 15 is 0 Å². The summed E-state index contributed by atoms with van der Waals surface area (Å²) in [4.78, 5) is 0. The molecule has 1 aromatic rings. The first-order chi connectivity index (χ1) is 8.86. The molecule has 0 fully saturated rings. The van der Waals surface area contributed by atoms with Crippen LogP contribution in [-0.4, -0.2) is 34.3 Å². The lowest BCUT2D eigenvalue weighted by atomic mass is 10.2. The fraction of sp³-hybridized carbons (Fsp3) is 0.385. The predicted molar refractivity (Wildman–Crippen MR) is 66.9 cm³/mol. The molecule has 1 aromatic carbocycles. The number of benzene rings is 1. The van der Waals surface area contributed by atoms with Gasteiger partial charge < -0.3 is 23.7 Å². The maximum Gasteiger partial charge on any atom is 0.191 e.